The molecule has 0 aliphatic rings. The van der Waals surface area contributed by atoms with Crippen LogP contribution in [0, 0.1) is 23.3 Å². The van der Waals surface area contributed by atoms with Crippen molar-refractivity contribution in [1.82, 2.24) is 0 Å². The Morgan fingerprint density at radius 2 is 1.03 bits per heavy atom. The standard InChI is InChI=1S/C27H18F4O5S2/c1-2-21(32)35-26-22(28)24(30)27(25(31)23(26)29)38(33,34)36-37(18-12-6-3-7-13-18,19-14-8-4-9-15-19)20-16-10-5-11-17-20/h2-17H,1H2. The van der Waals surface area contributed by atoms with Crippen molar-refractivity contribution in [3.8, 4) is 5.75 Å². The van der Waals surface area contributed by atoms with Gasteiger partial charge in [-0.1, -0.05) is 61.2 Å². The molecule has 0 aliphatic carbocycles. The Labute approximate surface area is 217 Å². The number of carbonyl (C=O) groups excluding carboxylic acids is 1. The summed E-state index contributed by atoms with van der Waals surface area (Å²) < 4.78 is 96.7. The summed E-state index contributed by atoms with van der Waals surface area (Å²) in [5, 5.41) is 0. The van der Waals surface area contributed by atoms with Gasteiger partial charge in [0.2, 0.25) is 17.4 Å². The fourth-order valence-electron chi connectivity index (χ4n) is 3.57. The number of hydrogen-bond donors (Lipinski definition) is 0. The Hall–Kier alpha value is -3.93. The molecule has 0 N–H and O–H groups in total. The van der Waals surface area contributed by atoms with Gasteiger partial charge in [-0.05, 0) is 46.7 Å². The van der Waals surface area contributed by atoms with Gasteiger partial charge in [-0.3, -0.25) is 0 Å². The maximum absolute atomic E-state index is 15.1. The van der Waals surface area contributed by atoms with Gasteiger partial charge in [0, 0.05) is 20.8 Å². The molecule has 0 bridgehead atoms. The molecule has 0 unspecified atom stereocenters. The van der Waals surface area contributed by atoms with Gasteiger partial charge in [0.15, 0.2) is 16.5 Å². The van der Waals surface area contributed by atoms with E-state index in [1.165, 1.54) is 0 Å². The van der Waals surface area contributed by atoms with E-state index in [1.807, 2.05) is 0 Å². The Bertz CT molecular complexity index is 1470. The number of hydrogen-bond acceptors (Lipinski definition) is 5. The van der Waals surface area contributed by atoms with Crippen LogP contribution in [0.3, 0.4) is 0 Å². The fraction of sp³-hybridized carbons (Fsp3) is 0. The maximum Gasteiger partial charge on any atom is 0.335 e. The Balaban J connectivity index is 2.01. The van der Waals surface area contributed by atoms with E-state index in [0.29, 0.717) is 20.8 Å². The molecule has 0 fully saturated rings. The van der Waals surface area contributed by atoms with Gasteiger partial charge in [0.1, 0.15) is 0 Å². The quantitative estimate of drug-likeness (QED) is 0.0766. The predicted octanol–water partition coefficient (Wildman–Crippen LogP) is 6.94. The third-order valence-corrected chi connectivity index (χ3v) is 10.4. The third kappa shape index (κ3) is 4.83. The van der Waals surface area contributed by atoms with Crippen LogP contribution in [0.15, 0.2) is 123 Å². The summed E-state index contributed by atoms with van der Waals surface area (Å²) in [6.45, 7) is 3.02. The number of ether oxygens (including phenoxy) is 1. The van der Waals surface area contributed by atoms with E-state index < -0.39 is 60.3 Å². The van der Waals surface area contributed by atoms with Gasteiger partial charge in [-0.2, -0.15) is 17.2 Å². The summed E-state index contributed by atoms with van der Waals surface area (Å²) in [5.41, 5.74) is 0. The van der Waals surface area contributed by atoms with Crippen LogP contribution < -0.4 is 4.74 Å². The van der Waals surface area contributed by atoms with Crippen molar-refractivity contribution in [2.24, 2.45) is 0 Å². The molecule has 5 nitrogen and oxygen atoms in total. The second-order valence-electron chi connectivity index (χ2n) is 7.56. The Kier molecular flexibility index (Phi) is 7.72. The molecule has 0 radical (unpaired) electrons. The van der Waals surface area contributed by atoms with Gasteiger partial charge in [0.25, 0.3) is 0 Å². The average Bonchev–Trinajstić information content (AvgIpc) is 2.94. The van der Waals surface area contributed by atoms with Crippen LogP contribution in [-0.4, -0.2) is 14.4 Å². The van der Waals surface area contributed by atoms with Crippen LogP contribution in [0.1, 0.15) is 0 Å². The van der Waals surface area contributed by atoms with E-state index in [9.17, 15) is 22.0 Å². The molecule has 0 heterocycles. The van der Waals surface area contributed by atoms with Crippen molar-refractivity contribution in [3.05, 3.63) is 127 Å². The second-order valence-corrected chi connectivity index (χ2v) is 11.9. The average molecular weight is 563 g/mol. The first-order chi connectivity index (χ1) is 18.1. The zero-order chi connectivity index (χ0) is 27.5. The molecule has 4 rings (SSSR count). The van der Waals surface area contributed by atoms with E-state index in [0.717, 1.165) is 0 Å². The molecule has 196 valence electrons. The molecule has 11 heteroatoms. The highest BCUT2D eigenvalue weighted by Crippen LogP contribution is 2.70. The molecule has 0 saturated carbocycles. The monoisotopic (exact) mass is 562 g/mol. The first-order valence-corrected chi connectivity index (χ1v) is 13.7. The fourth-order valence-corrected chi connectivity index (χ4v) is 8.92. The summed E-state index contributed by atoms with van der Waals surface area (Å²) in [5.74, 6) is -12.3. The molecule has 4 aromatic rings. The minimum atomic E-state index is -5.57. The smallest absolute Gasteiger partial charge is 0.335 e. The SMILES string of the molecule is C=CC(=O)Oc1c(F)c(F)c(S(=O)(=O)OS(c2ccccc2)(c2ccccc2)c2ccccc2)c(F)c1F. The van der Waals surface area contributed by atoms with Crippen molar-refractivity contribution < 1.29 is 39.1 Å². The molecule has 0 saturated heterocycles. The number of carbonyl (C=O) groups is 1. The zero-order valence-electron chi connectivity index (χ0n) is 19.3. The molecule has 0 aromatic heterocycles. The van der Waals surface area contributed by atoms with Gasteiger partial charge < -0.3 is 4.74 Å². The lowest BCUT2D eigenvalue weighted by atomic mass is 10.3. The van der Waals surface area contributed by atoms with Crippen molar-refractivity contribution in [1.29, 1.82) is 0 Å². The van der Waals surface area contributed by atoms with Crippen LogP contribution in [0.25, 0.3) is 0 Å². The van der Waals surface area contributed by atoms with E-state index >= 15 is 8.78 Å². The molecule has 0 aliphatic heterocycles. The molecule has 0 spiro atoms. The molecule has 4 aromatic carbocycles. The van der Waals surface area contributed by atoms with Gasteiger partial charge in [-0.15, -0.1) is 0 Å². The van der Waals surface area contributed by atoms with E-state index in [2.05, 4.69) is 11.3 Å². The first-order valence-electron chi connectivity index (χ1n) is 10.8. The largest absolute Gasteiger partial charge is 0.417 e. The van der Waals surface area contributed by atoms with Crippen molar-refractivity contribution >= 4 is 26.4 Å². The Morgan fingerprint density at radius 1 is 0.658 bits per heavy atom. The van der Waals surface area contributed by atoms with Gasteiger partial charge in [0.05, 0.1) is 0 Å². The zero-order valence-corrected chi connectivity index (χ0v) is 20.9. The van der Waals surface area contributed by atoms with Crippen molar-refractivity contribution in [3.63, 3.8) is 0 Å². The topological polar surface area (TPSA) is 69.7 Å². The van der Waals surface area contributed by atoms with Crippen LogP contribution in [0.4, 0.5) is 17.6 Å². The minimum Gasteiger partial charge on any atom is -0.417 e. The van der Waals surface area contributed by atoms with Crippen LogP contribution in [0.2, 0.25) is 0 Å². The number of benzene rings is 4. The summed E-state index contributed by atoms with van der Waals surface area (Å²) >= 11 is 0. The molecule has 0 atom stereocenters. The summed E-state index contributed by atoms with van der Waals surface area (Å²) in [4.78, 5) is 10.3. The molecule has 0 amide bonds. The lowest BCUT2D eigenvalue weighted by Gasteiger charge is -2.39. The molecule has 38 heavy (non-hydrogen) atoms. The minimum absolute atomic E-state index is 0.319. The van der Waals surface area contributed by atoms with E-state index in [-0.39, 0.29) is 0 Å². The highest BCUT2D eigenvalue weighted by Gasteiger charge is 2.42. The van der Waals surface area contributed by atoms with Crippen LogP contribution >= 0.6 is 10.3 Å². The number of halogens is 4. The summed E-state index contributed by atoms with van der Waals surface area (Å²) in [7, 11) is -8.87. The van der Waals surface area contributed by atoms with Gasteiger partial charge >= 0.3 is 16.1 Å². The predicted molar refractivity (Wildman–Crippen MR) is 132 cm³/mol. The lowest BCUT2D eigenvalue weighted by molar-refractivity contribution is -0.129. The highest BCUT2D eigenvalue weighted by atomic mass is 32.3. The number of esters is 1. The van der Waals surface area contributed by atoms with Crippen LogP contribution in [-0.2, 0) is 18.5 Å². The highest BCUT2D eigenvalue weighted by molar-refractivity contribution is 8.33. The van der Waals surface area contributed by atoms with E-state index in [4.69, 9.17) is 3.63 Å². The normalized spacial score (nSPS) is 12.1. The summed E-state index contributed by atoms with van der Waals surface area (Å²) in [6, 6.07) is 24.1. The lowest BCUT2D eigenvalue weighted by Crippen LogP contribution is -2.19. The second kappa shape index (κ2) is 10.8. The van der Waals surface area contributed by atoms with Crippen molar-refractivity contribution in [2.75, 3.05) is 0 Å². The number of rotatable bonds is 8. The van der Waals surface area contributed by atoms with E-state index in [1.54, 1.807) is 91.0 Å². The first kappa shape index (κ1) is 27.1. The third-order valence-electron chi connectivity index (χ3n) is 5.22. The van der Waals surface area contributed by atoms with Crippen LogP contribution in [0.5, 0.6) is 5.75 Å². The maximum atomic E-state index is 15.1. The Morgan fingerprint density at radius 3 is 1.37 bits per heavy atom. The molecular formula is C27H18F4O5S2. The summed E-state index contributed by atoms with van der Waals surface area (Å²) in [6.07, 6.45) is 0.500. The molecular weight excluding hydrogens is 544 g/mol. The van der Waals surface area contributed by atoms with Crippen molar-refractivity contribution in [2.45, 2.75) is 19.6 Å². The van der Waals surface area contributed by atoms with Gasteiger partial charge in [-0.25, -0.2) is 17.2 Å².